The number of aliphatic hydroxyl groups excluding tert-OH is 1. The van der Waals surface area contributed by atoms with Crippen LogP contribution in [0.1, 0.15) is 43.5 Å². The van der Waals surface area contributed by atoms with Crippen molar-refractivity contribution in [1.82, 2.24) is 9.88 Å². The van der Waals surface area contributed by atoms with E-state index >= 15 is 0 Å². The van der Waals surface area contributed by atoms with Gasteiger partial charge in [-0.3, -0.25) is 9.88 Å². The van der Waals surface area contributed by atoms with Crippen molar-refractivity contribution in [3.05, 3.63) is 65.2 Å². The van der Waals surface area contributed by atoms with Gasteiger partial charge in [0.25, 0.3) is 0 Å². The summed E-state index contributed by atoms with van der Waals surface area (Å²) in [6.07, 6.45) is -5.26. The second-order valence-electron chi connectivity index (χ2n) is 8.68. The number of pyridine rings is 1. The monoisotopic (exact) mass is 435 g/mol. The van der Waals surface area contributed by atoms with Gasteiger partial charge in [-0.1, -0.05) is 12.1 Å². The standard InChI is InChI=1S/C23H25F4N3O/c1-21(2,19-5-3-4-11-29-19)30-12-10-22(15-30,20(31)23(25,26)27)9-8-16-6-7-17(14-28)18(24)13-16/h3-7,11,13,20,31H,8-10,12,15H2,1-2H3/t20-,22-/m1/s1. The van der Waals surface area contributed by atoms with Crippen LogP contribution in [0.3, 0.4) is 0 Å². The zero-order valence-corrected chi connectivity index (χ0v) is 17.5. The van der Waals surface area contributed by atoms with Gasteiger partial charge >= 0.3 is 6.18 Å². The van der Waals surface area contributed by atoms with Crippen LogP contribution < -0.4 is 0 Å². The van der Waals surface area contributed by atoms with Crippen LogP contribution >= 0.6 is 0 Å². The number of hydrogen-bond donors (Lipinski definition) is 1. The molecule has 1 aliphatic heterocycles. The van der Waals surface area contributed by atoms with Crippen molar-refractivity contribution in [3.63, 3.8) is 0 Å². The van der Waals surface area contributed by atoms with Gasteiger partial charge in [0, 0.05) is 18.2 Å². The van der Waals surface area contributed by atoms with E-state index in [1.165, 1.54) is 12.1 Å². The summed E-state index contributed by atoms with van der Waals surface area (Å²) < 4.78 is 54.7. The fraction of sp³-hybridized carbons (Fsp3) is 0.478. The van der Waals surface area contributed by atoms with E-state index in [4.69, 9.17) is 5.26 Å². The number of nitrogens with zero attached hydrogens (tertiary/aromatic N) is 3. The maximum atomic E-state index is 13.9. The summed E-state index contributed by atoms with van der Waals surface area (Å²) in [5.41, 5.74) is -0.920. The second-order valence-corrected chi connectivity index (χ2v) is 8.68. The molecule has 0 spiro atoms. The molecule has 1 aliphatic rings. The van der Waals surface area contributed by atoms with Gasteiger partial charge in [-0.15, -0.1) is 0 Å². The van der Waals surface area contributed by atoms with Crippen molar-refractivity contribution < 1.29 is 22.7 Å². The van der Waals surface area contributed by atoms with E-state index in [-0.39, 0.29) is 31.4 Å². The molecule has 2 atom stereocenters. The lowest BCUT2D eigenvalue weighted by Crippen LogP contribution is -2.49. The highest BCUT2D eigenvalue weighted by Gasteiger charge is 2.56. The predicted octanol–water partition coefficient (Wildman–Crippen LogP) is 4.58. The Kier molecular flexibility index (Phi) is 6.40. The molecule has 1 fully saturated rings. The van der Waals surface area contributed by atoms with Crippen LogP contribution in [-0.2, 0) is 12.0 Å². The number of benzene rings is 1. The number of likely N-dealkylation sites (tertiary alicyclic amines) is 1. The molecule has 0 radical (unpaired) electrons. The van der Waals surface area contributed by atoms with Gasteiger partial charge in [-0.25, -0.2) is 4.39 Å². The molecule has 31 heavy (non-hydrogen) atoms. The highest BCUT2D eigenvalue weighted by molar-refractivity contribution is 5.33. The summed E-state index contributed by atoms with van der Waals surface area (Å²) in [4.78, 5) is 6.28. The molecule has 1 saturated heterocycles. The van der Waals surface area contributed by atoms with Crippen molar-refractivity contribution in [2.45, 2.75) is 50.9 Å². The SMILES string of the molecule is CC(C)(c1ccccn1)N1CC[C@@](CCc2ccc(C#N)c(F)c2)([C@@H](O)C(F)(F)F)C1. The molecule has 0 unspecified atom stereocenters. The number of halogens is 4. The summed E-state index contributed by atoms with van der Waals surface area (Å²) >= 11 is 0. The third kappa shape index (κ3) is 4.73. The number of aryl methyl sites for hydroxylation is 1. The maximum Gasteiger partial charge on any atom is 0.414 e. The quantitative estimate of drug-likeness (QED) is 0.675. The molecule has 1 N–H and O–H groups in total. The van der Waals surface area contributed by atoms with Gasteiger partial charge < -0.3 is 5.11 Å². The van der Waals surface area contributed by atoms with E-state index in [0.717, 1.165) is 5.69 Å². The molecule has 8 heteroatoms. The first kappa shape index (κ1) is 23.2. The Morgan fingerprint density at radius 1 is 1.26 bits per heavy atom. The lowest BCUT2D eigenvalue weighted by atomic mass is 9.75. The summed E-state index contributed by atoms with van der Waals surface area (Å²) in [5, 5.41) is 19.2. The Labute approximate surface area is 179 Å². The molecule has 2 heterocycles. The van der Waals surface area contributed by atoms with E-state index in [2.05, 4.69) is 4.98 Å². The van der Waals surface area contributed by atoms with Crippen molar-refractivity contribution in [2.24, 2.45) is 5.41 Å². The molecule has 0 saturated carbocycles. The van der Waals surface area contributed by atoms with Crippen molar-refractivity contribution in [1.29, 1.82) is 5.26 Å². The van der Waals surface area contributed by atoms with Crippen LogP contribution in [0.2, 0.25) is 0 Å². The normalized spacial score (nSPS) is 21.1. The van der Waals surface area contributed by atoms with E-state index < -0.39 is 29.1 Å². The second kappa shape index (κ2) is 8.56. The number of nitriles is 1. The number of aromatic nitrogens is 1. The van der Waals surface area contributed by atoms with E-state index in [9.17, 15) is 22.7 Å². The average Bonchev–Trinajstić information content (AvgIpc) is 3.18. The van der Waals surface area contributed by atoms with Gasteiger partial charge in [0.05, 0.1) is 16.8 Å². The van der Waals surface area contributed by atoms with Crippen LogP contribution in [0, 0.1) is 22.6 Å². The molecular weight excluding hydrogens is 410 g/mol. The number of hydrogen-bond acceptors (Lipinski definition) is 4. The van der Waals surface area contributed by atoms with Gasteiger partial charge in [-0.2, -0.15) is 18.4 Å². The zero-order chi connectivity index (χ0) is 22.9. The third-order valence-corrected chi connectivity index (χ3v) is 6.42. The topological polar surface area (TPSA) is 60.2 Å². The maximum absolute atomic E-state index is 13.9. The lowest BCUT2D eigenvalue weighted by Gasteiger charge is -2.39. The summed E-state index contributed by atoms with van der Waals surface area (Å²) in [6.45, 7) is 4.22. The minimum Gasteiger partial charge on any atom is -0.383 e. The first-order valence-corrected chi connectivity index (χ1v) is 10.1. The van der Waals surface area contributed by atoms with Crippen LogP contribution in [0.15, 0.2) is 42.6 Å². The molecular formula is C23H25F4N3O. The highest BCUT2D eigenvalue weighted by Crippen LogP contribution is 2.47. The number of aliphatic hydroxyl groups is 1. The Balaban J connectivity index is 1.86. The first-order valence-electron chi connectivity index (χ1n) is 10.1. The fourth-order valence-electron chi connectivity index (χ4n) is 4.37. The van der Waals surface area contributed by atoms with Crippen LogP contribution in [0.25, 0.3) is 0 Å². The van der Waals surface area contributed by atoms with Crippen LogP contribution in [0.5, 0.6) is 0 Å². The van der Waals surface area contributed by atoms with Crippen molar-refractivity contribution in [3.8, 4) is 6.07 Å². The molecule has 1 aromatic heterocycles. The Morgan fingerprint density at radius 3 is 2.58 bits per heavy atom. The van der Waals surface area contributed by atoms with E-state index in [0.29, 0.717) is 12.1 Å². The molecule has 3 rings (SSSR count). The van der Waals surface area contributed by atoms with Gasteiger partial charge in [0.1, 0.15) is 11.9 Å². The number of rotatable bonds is 6. The smallest absolute Gasteiger partial charge is 0.383 e. The van der Waals surface area contributed by atoms with E-state index in [1.807, 2.05) is 30.9 Å². The summed E-state index contributed by atoms with van der Waals surface area (Å²) in [7, 11) is 0. The van der Waals surface area contributed by atoms with Crippen LogP contribution in [-0.4, -0.2) is 40.4 Å². The molecule has 0 bridgehead atoms. The van der Waals surface area contributed by atoms with Crippen molar-refractivity contribution in [2.75, 3.05) is 13.1 Å². The molecule has 2 aromatic rings. The van der Waals surface area contributed by atoms with Crippen LogP contribution in [0.4, 0.5) is 17.6 Å². The minimum atomic E-state index is -4.76. The number of alkyl halides is 3. The first-order chi connectivity index (χ1) is 14.5. The van der Waals surface area contributed by atoms with E-state index in [1.54, 1.807) is 24.4 Å². The Hall–Kier alpha value is -2.50. The fourth-order valence-corrected chi connectivity index (χ4v) is 4.37. The summed E-state index contributed by atoms with van der Waals surface area (Å²) in [5.74, 6) is -0.699. The molecule has 0 aliphatic carbocycles. The molecule has 166 valence electrons. The Bertz CT molecular complexity index is 956. The Morgan fingerprint density at radius 2 is 2.00 bits per heavy atom. The van der Waals surface area contributed by atoms with Crippen molar-refractivity contribution >= 4 is 0 Å². The molecule has 0 amide bonds. The molecule has 4 nitrogen and oxygen atoms in total. The largest absolute Gasteiger partial charge is 0.414 e. The lowest BCUT2D eigenvalue weighted by molar-refractivity contribution is -0.239. The predicted molar refractivity (Wildman–Crippen MR) is 107 cm³/mol. The minimum absolute atomic E-state index is 0.0355. The van der Waals surface area contributed by atoms with Gasteiger partial charge in [0.15, 0.2) is 6.10 Å². The molecule has 1 aromatic carbocycles. The van der Waals surface area contributed by atoms with Gasteiger partial charge in [-0.05, 0) is 69.5 Å². The zero-order valence-electron chi connectivity index (χ0n) is 17.5. The average molecular weight is 435 g/mol. The van der Waals surface area contributed by atoms with Gasteiger partial charge in [0.2, 0.25) is 0 Å². The third-order valence-electron chi connectivity index (χ3n) is 6.42. The highest BCUT2D eigenvalue weighted by atomic mass is 19.4. The summed E-state index contributed by atoms with van der Waals surface area (Å²) in [6, 6.07) is 11.2.